The molecule has 0 atom stereocenters. The molecule has 0 amide bonds. The second-order valence-corrected chi connectivity index (χ2v) is 34.9. The molecule has 28 aromatic rings. The first-order chi connectivity index (χ1) is 66.6. The van der Waals surface area contributed by atoms with Crippen LogP contribution in [0, 0.1) is 0 Å². The first-order valence-corrected chi connectivity index (χ1v) is 46.1. The van der Waals surface area contributed by atoms with Crippen LogP contribution in [0.3, 0.4) is 0 Å². The number of hydrogen-bond donors (Lipinski definition) is 0. The van der Waals surface area contributed by atoms with E-state index in [9.17, 15) is 0 Å². The molecule has 6 nitrogen and oxygen atoms in total. The summed E-state index contributed by atoms with van der Waals surface area (Å²) in [5.74, 6) is 0. The van der Waals surface area contributed by atoms with Crippen molar-refractivity contribution in [1.82, 2.24) is 27.4 Å². The average Bonchev–Trinajstić information content (AvgIpc) is 1.55. The first kappa shape index (κ1) is 77.3. The molecule has 0 bridgehead atoms. The molecule has 28 rings (SSSR count). The Kier molecular flexibility index (Phi) is 18.5. The lowest BCUT2D eigenvalue weighted by molar-refractivity contribution is 1.15. The lowest BCUT2D eigenvalue weighted by Gasteiger charge is -2.15. The van der Waals surface area contributed by atoms with Gasteiger partial charge in [-0.25, -0.2) is 0 Å². The monoisotopic (exact) mass is 1700 g/mol. The normalized spacial score (nSPS) is 11.7. The van der Waals surface area contributed by atoms with Crippen LogP contribution in [0.15, 0.2) is 510 Å². The molecule has 0 aliphatic rings. The zero-order valence-corrected chi connectivity index (χ0v) is 73.2. The van der Waals surface area contributed by atoms with E-state index in [0.717, 1.165) is 22.7 Å². The molecule has 0 aliphatic heterocycles. The highest BCUT2D eigenvalue weighted by Crippen LogP contribution is 2.49. The molecule has 0 spiro atoms. The molecular formula is C128H84N6. The van der Waals surface area contributed by atoms with Crippen LogP contribution in [-0.4, -0.2) is 27.4 Å². The number of benzene rings is 22. The van der Waals surface area contributed by atoms with Crippen LogP contribution >= 0.6 is 0 Å². The maximum atomic E-state index is 2.50. The largest absolute Gasteiger partial charge is 0.309 e. The highest BCUT2D eigenvalue weighted by Gasteiger charge is 2.28. The van der Waals surface area contributed by atoms with Crippen LogP contribution in [0.2, 0.25) is 0 Å². The molecule has 6 heteroatoms. The van der Waals surface area contributed by atoms with Gasteiger partial charge in [-0.1, -0.05) is 394 Å². The lowest BCUT2D eigenvalue weighted by Crippen LogP contribution is -1.99. The van der Waals surface area contributed by atoms with Gasteiger partial charge in [-0.05, 0) is 181 Å². The van der Waals surface area contributed by atoms with Crippen molar-refractivity contribution in [1.29, 1.82) is 0 Å². The Morgan fingerprint density at radius 1 is 0.104 bits per heavy atom. The van der Waals surface area contributed by atoms with Crippen LogP contribution in [-0.2, 0) is 0 Å². The lowest BCUT2D eigenvalue weighted by atomic mass is 9.98. The van der Waals surface area contributed by atoms with Crippen LogP contribution in [0.1, 0.15) is 0 Å². The van der Waals surface area contributed by atoms with Crippen LogP contribution in [0.4, 0.5) is 0 Å². The minimum atomic E-state index is 1.14. The number of para-hydroxylation sites is 9. The van der Waals surface area contributed by atoms with E-state index in [4.69, 9.17) is 0 Å². The summed E-state index contributed by atoms with van der Waals surface area (Å²) < 4.78 is 14.8. The maximum Gasteiger partial charge on any atom is 0.0789 e. The second kappa shape index (κ2) is 32.1. The van der Waals surface area contributed by atoms with E-state index in [0.29, 0.717) is 0 Å². The van der Waals surface area contributed by atoms with E-state index in [2.05, 4.69) is 537 Å². The molecule has 0 saturated carbocycles. The van der Waals surface area contributed by atoms with Gasteiger partial charge in [-0.3, -0.25) is 0 Å². The molecule has 0 aliphatic carbocycles. The average molecular weight is 1710 g/mol. The summed E-state index contributed by atoms with van der Waals surface area (Å²) in [5.41, 5.74) is 33.7. The molecule has 134 heavy (non-hydrogen) atoms. The smallest absolute Gasteiger partial charge is 0.0789 e. The highest BCUT2D eigenvalue weighted by molar-refractivity contribution is 6.28. The molecule has 0 fully saturated rings. The van der Waals surface area contributed by atoms with Crippen LogP contribution in [0.5, 0.6) is 0 Å². The predicted molar refractivity (Wildman–Crippen MR) is 568 cm³/mol. The van der Waals surface area contributed by atoms with Crippen LogP contribution < -0.4 is 0 Å². The molecule has 0 N–H and O–H groups in total. The van der Waals surface area contributed by atoms with Gasteiger partial charge in [-0.2, -0.15) is 0 Å². The third-order valence-corrected chi connectivity index (χ3v) is 27.5. The SMILES string of the molecule is c1ccc(-c2ccc3c(c2)c2cc4c5ccccc5n(-c5ccccc5)c4cc2n3-c2ccccc2)cc1.c1ccc(-c2cccc3c4ccc5c6ccccc6n(-c6ccc(-c7cccc8ccccc78)cc6)c5c4n(-c4ccccc4)c23)cc1.c1ccc(-c2cccc3c4ccc5c6ccccc6n(-c6cccc(-c7cccc8ccccc78)c6)c5c4n(-c4ccccc4)c23)cc1. The molecule has 6 heterocycles. The fourth-order valence-electron chi connectivity index (χ4n) is 21.7. The zero-order valence-electron chi connectivity index (χ0n) is 73.2. The molecule has 0 saturated heterocycles. The number of rotatable bonds is 11. The molecule has 626 valence electrons. The Morgan fingerprint density at radius 3 is 0.858 bits per heavy atom. The van der Waals surface area contributed by atoms with Gasteiger partial charge in [0.2, 0.25) is 0 Å². The van der Waals surface area contributed by atoms with Crippen molar-refractivity contribution >= 4 is 152 Å². The van der Waals surface area contributed by atoms with Gasteiger partial charge in [0.1, 0.15) is 0 Å². The van der Waals surface area contributed by atoms with E-state index in [-0.39, 0.29) is 0 Å². The van der Waals surface area contributed by atoms with Gasteiger partial charge in [0.15, 0.2) is 0 Å². The number of nitrogens with zero attached hydrogens (tertiary/aromatic N) is 6. The Hall–Kier alpha value is -17.8. The summed E-state index contributed by atoms with van der Waals surface area (Å²) in [7, 11) is 0. The summed E-state index contributed by atoms with van der Waals surface area (Å²) in [5, 5.41) is 20.1. The Morgan fingerprint density at radius 2 is 0.381 bits per heavy atom. The number of hydrogen-bond acceptors (Lipinski definition) is 0. The van der Waals surface area contributed by atoms with E-state index in [1.807, 2.05) is 0 Å². The molecule has 22 aromatic carbocycles. The summed E-state index contributed by atoms with van der Waals surface area (Å²) in [6.45, 7) is 0. The van der Waals surface area contributed by atoms with Crippen molar-refractivity contribution in [3.63, 3.8) is 0 Å². The maximum absolute atomic E-state index is 2.50. The molecular weight excluding hydrogens is 1620 g/mol. The molecule has 0 unspecified atom stereocenters. The van der Waals surface area contributed by atoms with Crippen molar-refractivity contribution in [3.8, 4) is 89.8 Å². The Balaban J connectivity index is 0.000000106. The van der Waals surface area contributed by atoms with Crippen molar-refractivity contribution < 1.29 is 0 Å². The Bertz CT molecular complexity index is 9440. The second-order valence-electron chi connectivity index (χ2n) is 34.9. The Labute approximate surface area is 773 Å². The third kappa shape index (κ3) is 12.6. The summed E-state index contributed by atoms with van der Waals surface area (Å²) in [6, 6.07) is 185. The predicted octanol–water partition coefficient (Wildman–Crippen LogP) is 34.3. The van der Waals surface area contributed by atoms with Crippen molar-refractivity contribution in [2.24, 2.45) is 0 Å². The van der Waals surface area contributed by atoms with E-state index in [1.165, 1.54) is 219 Å². The van der Waals surface area contributed by atoms with Gasteiger partial charge in [0.05, 0.1) is 66.2 Å². The minimum absolute atomic E-state index is 1.14. The number of fused-ring (bicyclic) bond motifs is 22. The van der Waals surface area contributed by atoms with Crippen molar-refractivity contribution in [2.75, 3.05) is 0 Å². The third-order valence-electron chi connectivity index (χ3n) is 27.5. The van der Waals surface area contributed by atoms with Gasteiger partial charge < -0.3 is 27.4 Å². The fourth-order valence-corrected chi connectivity index (χ4v) is 21.7. The molecule has 0 radical (unpaired) electrons. The van der Waals surface area contributed by atoms with Crippen molar-refractivity contribution in [2.45, 2.75) is 0 Å². The highest BCUT2D eigenvalue weighted by atomic mass is 15.1. The molecule has 6 aromatic heterocycles. The first-order valence-electron chi connectivity index (χ1n) is 46.1. The van der Waals surface area contributed by atoms with Crippen LogP contribution in [0.25, 0.3) is 242 Å². The summed E-state index contributed by atoms with van der Waals surface area (Å²) in [6.07, 6.45) is 0. The van der Waals surface area contributed by atoms with E-state index < -0.39 is 0 Å². The van der Waals surface area contributed by atoms with Gasteiger partial charge in [-0.15, -0.1) is 0 Å². The zero-order chi connectivity index (χ0) is 88.3. The number of aromatic nitrogens is 6. The quantitative estimate of drug-likeness (QED) is 0.124. The fraction of sp³-hybridized carbons (Fsp3) is 0. The minimum Gasteiger partial charge on any atom is -0.309 e. The van der Waals surface area contributed by atoms with Gasteiger partial charge in [0, 0.05) is 110 Å². The summed E-state index contributed by atoms with van der Waals surface area (Å²) in [4.78, 5) is 0. The van der Waals surface area contributed by atoms with Gasteiger partial charge in [0.25, 0.3) is 0 Å². The van der Waals surface area contributed by atoms with E-state index in [1.54, 1.807) is 0 Å². The topological polar surface area (TPSA) is 29.6 Å². The van der Waals surface area contributed by atoms with Crippen molar-refractivity contribution in [3.05, 3.63) is 510 Å². The van der Waals surface area contributed by atoms with E-state index >= 15 is 0 Å². The summed E-state index contributed by atoms with van der Waals surface area (Å²) >= 11 is 0. The van der Waals surface area contributed by atoms with Gasteiger partial charge >= 0.3 is 0 Å². The standard InChI is InChI=1S/2C46H30N2.C36H24N2/c1-3-14-32(15-4-1)38-25-13-26-40-42-29-28-41-39-23-9-10-27-43(39)47(45(41)46(42)48(44(38)40)34-19-5-2-6-20-34)35-21-11-18-33(30-35)37-24-12-17-31-16-7-8-22-36(31)37;1-3-13-32(14-4-1)38-22-12-23-40-42-30-29-41-39-20-9-10-24-43(39)47(45(41)46(42)48(44(38)40)34-17-5-2-6-18-34)35-27-25-33(26-28-35)37-21-11-16-31-15-7-8-19-36(31)37;1-4-12-25(13-5-1)26-20-21-34-30(22-26)32-23-31-29-18-10-11-19-33(29)37(27-14-6-2-7-15-27)35(31)24-36(32)38(34)28-16-8-3-9-17-28/h2*1-30H;1-24H.